The first kappa shape index (κ1) is 18.1. The predicted molar refractivity (Wildman–Crippen MR) is 102 cm³/mol. The normalized spacial score (nSPS) is 11.5. The van der Waals surface area contributed by atoms with Crippen LogP contribution in [-0.4, -0.2) is 19.4 Å². The minimum atomic E-state index is -3.55. The lowest BCUT2D eigenvalue weighted by Gasteiger charge is -2.10. The molecule has 1 N–H and O–H groups in total. The average molecular weight is 368 g/mol. The number of hydrogen-bond donors (Lipinski definition) is 1. The summed E-state index contributed by atoms with van der Waals surface area (Å²) in [5.74, 6) is 0.967. The molecule has 134 valence electrons. The number of aromatic nitrogens is 1. The van der Waals surface area contributed by atoms with Gasteiger partial charge in [-0.05, 0) is 43.2 Å². The molecule has 1 aromatic heterocycles. The Morgan fingerprint density at radius 1 is 0.885 bits per heavy atom. The lowest BCUT2D eigenvalue weighted by molar-refractivity contribution is 0.462. The summed E-state index contributed by atoms with van der Waals surface area (Å²) < 4.78 is 32.4. The maximum Gasteiger partial charge on any atom is 0.242 e. The number of hydrogen-bond acceptors (Lipinski definition) is 4. The molecular weight excluding hydrogens is 348 g/mol. The number of ether oxygens (including phenoxy) is 1. The summed E-state index contributed by atoms with van der Waals surface area (Å²) >= 11 is 0. The second-order valence-corrected chi connectivity index (χ2v) is 7.81. The van der Waals surface area contributed by atoms with E-state index in [-0.39, 0.29) is 10.9 Å². The van der Waals surface area contributed by atoms with Gasteiger partial charge in [0.25, 0.3) is 0 Å². The fraction of sp³-hybridized carbons (Fsp3) is 0.150. The van der Waals surface area contributed by atoms with Crippen LogP contribution in [-0.2, 0) is 10.0 Å². The Kier molecular flexibility index (Phi) is 5.35. The van der Waals surface area contributed by atoms with Gasteiger partial charge in [0, 0.05) is 12.1 Å². The van der Waals surface area contributed by atoms with Crippen LogP contribution < -0.4 is 9.46 Å². The first-order chi connectivity index (χ1) is 12.4. The second kappa shape index (κ2) is 7.68. The SMILES string of the molecule is CC(C)NS(=O)(=O)c1ccc(Oc2ccc(-c3ccccc3)cc2)nc1. The molecule has 1 heterocycles. The minimum Gasteiger partial charge on any atom is -0.439 e. The van der Waals surface area contributed by atoms with Crippen LogP contribution in [0.5, 0.6) is 11.6 Å². The van der Waals surface area contributed by atoms with Gasteiger partial charge in [0.1, 0.15) is 10.6 Å². The topological polar surface area (TPSA) is 68.3 Å². The Bertz CT molecular complexity index is 952. The molecule has 0 aliphatic heterocycles. The third-order valence-electron chi connectivity index (χ3n) is 3.59. The van der Waals surface area contributed by atoms with E-state index in [1.807, 2.05) is 54.6 Å². The monoisotopic (exact) mass is 368 g/mol. The third-order valence-corrected chi connectivity index (χ3v) is 5.24. The van der Waals surface area contributed by atoms with Crippen LogP contribution in [0.1, 0.15) is 13.8 Å². The van der Waals surface area contributed by atoms with Crippen LogP contribution in [0.2, 0.25) is 0 Å². The second-order valence-electron chi connectivity index (χ2n) is 6.10. The molecule has 3 rings (SSSR count). The molecule has 0 aliphatic carbocycles. The van der Waals surface area contributed by atoms with Crippen molar-refractivity contribution in [2.45, 2.75) is 24.8 Å². The van der Waals surface area contributed by atoms with Crippen molar-refractivity contribution in [3.63, 3.8) is 0 Å². The van der Waals surface area contributed by atoms with E-state index in [1.54, 1.807) is 19.9 Å². The van der Waals surface area contributed by atoms with Crippen LogP contribution >= 0.6 is 0 Å². The summed E-state index contributed by atoms with van der Waals surface area (Å²) in [6.07, 6.45) is 1.29. The Morgan fingerprint density at radius 3 is 2.12 bits per heavy atom. The van der Waals surface area contributed by atoms with E-state index in [0.29, 0.717) is 11.6 Å². The van der Waals surface area contributed by atoms with E-state index in [1.165, 1.54) is 12.3 Å². The van der Waals surface area contributed by atoms with E-state index < -0.39 is 10.0 Å². The van der Waals surface area contributed by atoms with Crippen LogP contribution in [0, 0.1) is 0 Å². The van der Waals surface area contributed by atoms with Gasteiger partial charge in [-0.25, -0.2) is 18.1 Å². The van der Waals surface area contributed by atoms with Crippen molar-refractivity contribution < 1.29 is 13.2 Å². The molecular formula is C20H20N2O3S. The molecule has 0 saturated heterocycles. The van der Waals surface area contributed by atoms with Crippen molar-refractivity contribution >= 4 is 10.0 Å². The lowest BCUT2D eigenvalue weighted by atomic mass is 10.1. The quantitative estimate of drug-likeness (QED) is 0.707. The van der Waals surface area contributed by atoms with Crippen LogP contribution in [0.3, 0.4) is 0 Å². The van der Waals surface area contributed by atoms with Gasteiger partial charge in [0.2, 0.25) is 15.9 Å². The molecule has 0 unspecified atom stereocenters. The molecule has 3 aromatic rings. The zero-order valence-corrected chi connectivity index (χ0v) is 15.4. The molecule has 26 heavy (non-hydrogen) atoms. The van der Waals surface area contributed by atoms with Crippen LogP contribution in [0.4, 0.5) is 0 Å². The summed E-state index contributed by atoms with van der Waals surface area (Å²) in [6.45, 7) is 3.53. The van der Waals surface area contributed by atoms with Crippen molar-refractivity contribution in [3.05, 3.63) is 72.9 Å². The Balaban J connectivity index is 1.71. The zero-order chi connectivity index (χ0) is 18.6. The zero-order valence-electron chi connectivity index (χ0n) is 14.6. The number of pyridine rings is 1. The predicted octanol–water partition coefficient (Wildman–Crippen LogP) is 4.23. The highest BCUT2D eigenvalue weighted by atomic mass is 32.2. The van der Waals surface area contributed by atoms with E-state index in [2.05, 4.69) is 9.71 Å². The fourth-order valence-electron chi connectivity index (χ4n) is 2.43. The number of benzene rings is 2. The molecule has 0 spiro atoms. The van der Waals surface area contributed by atoms with E-state index in [9.17, 15) is 8.42 Å². The summed E-state index contributed by atoms with van der Waals surface area (Å²) in [5.41, 5.74) is 2.22. The standard InChI is InChI=1S/C20H20N2O3S/c1-15(2)22-26(23,24)19-12-13-20(21-14-19)25-18-10-8-17(9-11-18)16-6-4-3-5-7-16/h3-15,22H,1-2H3. The van der Waals surface area contributed by atoms with Gasteiger partial charge in [-0.2, -0.15) is 0 Å². The number of nitrogens with one attached hydrogen (secondary N) is 1. The number of sulfonamides is 1. The molecule has 0 amide bonds. The largest absolute Gasteiger partial charge is 0.439 e. The summed E-state index contributed by atoms with van der Waals surface area (Å²) in [7, 11) is -3.55. The maximum absolute atomic E-state index is 12.1. The van der Waals surface area contributed by atoms with Crippen molar-refractivity contribution in [3.8, 4) is 22.8 Å². The summed E-state index contributed by atoms with van der Waals surface area (Å²) in [6, 6.07) is 20.5. The molecule has 0 saturated carbocycles. The molecule has 0 radical (unpaired) electrons. The number of nitrogens with zero attached hydrogens (tertiary/aromatic N) is 1. The minimum absolute atomic E-state index is 0.109. The molecule has 0 bridgehead atoms. The molecule has 6 heteroatoms. The van der Waals surface area contributed by atoms with Crippen LogP contribution in [0.25, 0.3) is 11.1 Å². The third kappa shape index (κ3) is 4.47. The van der Waals surface area contributed by atoms with Gasteiger partial charge >= 0.3 is 0 Å². The molecule has 0 fully saturated rings. The first-order valence-electron chi connectivity index (χ1n) is 8.26. The Hall–Kier alpha value is -2.70. The molecule has 5 nitrogen and oxygen atoms in total. The molecule has 0 atom stereocenters. The maximum atomic E-state index is 12.1. The van der Waals surface area contributed by atoms with Crippen molar-refractivity contribution in [2.24, 2.45) is 0 Å². The summed E-state index contributed by atoms with van der Waals surface area (Å²) in [5, 5.41) is 0. The van der Waals surface area contributed by atoms with Crippen molar-refractivity contribution in [2.75, 3.05) is 0 Å². The van der Waals surface area contributed by atoms with Gasteiger partial charge in [0.15, 0.2) is 0 Å². The van der Waals surface area contributed by atoms with Gasteiger partial charge in [0.05, 0.1) is 6.20 Å². The van der Waals surface area contributed by atoms with Gasteiger partial charge in [-0.15, -0.1) is 0 Å². The van der Waals surface area contributed by atoms with E-state index in [0.717, 1.165) is 11.1 Å². The average Bonchev–Trinajstić information content (AvgIpc) is 2.62. The van der Waals surface area contributed by atoms with Gasteiger partial charge in [-0.1, -0.05) is 42.5 Å². The van der Waals surface area contributed by atoms with E-state index >= 15 is 0 Å². The van der Waals surface area contributed by atoms with Crippen LogP contribution in [0.15, 0.2) is 77.8 Å². The Labute approximate surface area is 153 Å². The van der Waals surface area contributed by atoms with Crippen molar-refractivity contribution in [1.29, 1.82) is 0 Å². The fourth-order valence-corrected chi connectivity index (χ4v) is 3.63. The molecule has 2 aromatic carbocycles. The van der Waals surface area contributed by atoms with Gasteiger partial charge in [-0.3, -0.25) is 0 Å². The smallest absolute Gasteiger partial charge is 0.242 e. The van der Waals surface area contributed by atoms with Crippen molar-refractivity contribution in [1.82, 2.24) is 9.71 Å². The highest BCUT2D eigenvalue weighted by molar-refractivity contribution is 7.89. The van der Waals surface area contributed by atoms with Gasteiger partial charge < -0.3 is 4.74 Å². The van der Waals surface area contributed by atoms with E-state index in [4.69, 9.17) is 4.74 Å². The lowest BCUT2D eigenvalue weighted by Crippen LogP contribution is -2.30. The number of rotatable bonds is 6. The highest BCUT2D eigenvalue weighted by Gasteiger charge is 2.15. The first-order valence-corrected chi connectivity index (χ1v) is 9.74. The summed E-state index contributed by atoms with van der Waals surface area (Å²) in [4.78, 5) is 4.20. The Morgan fingerprint density at radius 2 is 1.54 bits per heavy atom. The molecule has 0 aliphatic rings. The highest BCUT2D eigenvalue weighted by Crippen LogP contribution is 2.25.